The zero-order chi connectivity index (χ0) is 20.9. The van der Waals surface area contributed by atoms with Crippen LogP contribution in [0.5, 0.6) is 11.5 Å². The van der Waals surface area contributed by atoms with Crippen LogP contribution in [0, 0.1) is 5.82 Å². The lowest BCUT2D eigenvalue weighted by Gasteiger charge is -2.16. The summed E-state index contributed by atoms with van der Waals surface area (Å²) in [5.74, 6) is 0.894. The number of ether oxygens (including phenoxy) is 2. The second-order valence-corrected chi connectivity index (χ2v) is 7.86. The van der Waals surface area contributed by atoms with Gasteiger partial charge in [-0.2, -0.15) is 0 Å². The van der Waals surface area contributed by atoms with Crippen molar-refractivity contribution in [3.8, 4) is 22.6 Å². The Labute approximate surface area is 176 Å². The average molecular weight is 401 g/mol. The molecular formula is C26H37FO2. The summed E-state index contributed by atoms with van der Waals surface area (Å²) in [5.41, 5.74) is 1.82. The van der Waals surface area contributed by atoms with Crippen molar-refractivity contribution in [3.63, 3.8) is 0 Å². The number of rotatable bonds is 14. The van der Waals surface area contributed by atoms with E-state index >= 15 is 0 Å². The molecule has 1 unspecified atom stereocenters. The standard InChI is InChI=1S/C26H37FO2/c1-4-6-8-10-12-21(3)29-26-18-15-23(20-25(26)27)22-13-16-24(17-14-22)28-19-11-9-7-5-2/h13-18,20-21H,4-12,19H2,1-3H3. The predicted molar refractivity (Wildman–Crippen MR) is 120 cm³/mol. The first-order chi connectivity index (χ1) is 14.1. The van der Waals surface area contributed by atoms with Gasteiger partial charge in [-0.3, -0.25) is 0 Å². The summed E-state index contributed by atoms with van der Waals surface area (Å²) in [6.45, 7) is 7.17. The van der Waals surface area contributed by atoms with E-state index in [2.05, 4.69) is 13.8 Å². The van der Waals surface area contributed by atoms with Crippen molar-refractivity contribution < 1.29 is 13.9 Å². The van der Waals surface area contributed by atoms with Crippen molar-refractivity contribution in [2.24, 2.45) is 0 Å². The Bertz CT molecular complexity index is 696. The summed E-state index contributed by atoms with van der Waals surface area (Å²) in [5, 5.41) is 0. The van der Waals surface area contributed by atoms with Crippen molar-refractivity contribution in [3.05, 3.63) is 48.3 Å². The first-order valence-electron chi connectivity index (χ1n) is 11.3. The van der Waals surface area contributed by atoms with Gasteiger partial charge < -0.3 is 9.47 Å². The molecule has 2 aromatic rings. The summed E-state index contributed by atoms with van der Waals surface area (Å²) in [7, 11) is 0. The Morgan fingerprint density at radius 2 is 1.45 bits per heavy atom. The third-order valence-electron chi connectivity index (χ3n) is 5.18. The molecule has 0 aliphatic heterocycles. The Balaban J connectivity index is 1.87. The van der Waals surface area contributed by atoms with Crippen molar-refractivity contribution >= 4 is 0 Å². The van der Waals surface area contributed by atoms with Crippen molar-refractivity contribution in [2.75, 3.05) is 6.61 Å². The molecule has 0 aromatic heterocycles. The molecule has 0 saturated carbocycles. The van der Waals surface area contributed by atoms with Gasteiger partial charge in [-0.1, -0.05) is 70.6 Å². The molecule has 0 saturated heterocycles. The summed E-state index contributed by atoms with van der Waals surface area (Å²) in [6, 6.07) is 13.1. The monoisotopic (exact) mass is 400 g/mol. The first kappa shape index (κ1) is 23.3. The maximum absolute atomic E-state index is 14.5. The van der Waals surface area contributed by atoms with Crippen LogP contribution in [0.4, 0.5) is 4.39 Å². The van der Waals surface area contributed by atoms with E-state index in [0.717, 1.165) is 42.7 Å². The molecule has 0 amide bonds. The molecule has 0 radical (unpaired) electrons. The lowest BCUT2D eigenvalue weighted by molar-refractivity contribution is 0.197. The molecule has 2 aromatic carbocycles. The second-order valence-electron chi connectivity index (χ2n) is 7.86. The van der Waals surface area contributed by atoms with E-state index in [-0.39, 0.29) is 11.9 Å². The van der Waals surface area contributed by atoms with Crippen LogP contribution in [0.2, 0.25) is 0 Å². The highest BCUT2D eigenvalue weighted by atomic mass is 19.1. The molecule has 0 heterocycles. The molecule has 0 spiro atoms. The van der Waals surface area contributed by atoms with E-state index in [1.807, 2.05) is 37.3 Å². The highest BCUT2D eigenvalue weighted by molar-refractivity contribution is 5.65. The minimum Gasteiger partial charge on any atom is -0.494 e. The molecule has 0 aliphatic carbocycles. The van der Waals surface area contributed by atoms with Crippen LogP contribution in [-0.2, 0) is 0 Å². The van der Waals surface area contributed by atoms with Crippen LogP contribution >= 0.6 is 0 Å². The molecule has 160 valence electrons. The maximum atomic E-state index is 14.5. The minimum absolute atomic E-state index is 0.0287. The summed E-state index contributed by atoms with van der Waals surface area (Å²) < 4.78 is 26.1. The largest absolute Gasteiger partial charge is 0.494 e. The van der Waals surface area contributed by atoms with Crippen molar-refractivity contribution in [1.82, 2.24) is 0 Å². The van der Waals surface area contributed by atoms with Gasteiger partial charge in [0.05, 0.1) is 12.7 Å². The van der Waals surface area contributed by atoms with Gasteiger partial charge in [0.25, 0.3) is 0 Å². The predicted octanol–water partition coefficient (Wildman–Crippen LogP) is 8.19. The highest BCUT2D eigenvalue weighted by Crippen LogP contribution is 2.28. The second kappa shape index (κ2) is 13.2. The maximum Gasteiger partial charge on any atom is 0.165 e. The Morgan fingerprint density at radius 1 is 0.793 bits per heavy atom. The SMILES string of the molecule is CCCCCCOc1ccc(-c2ccc(OC(C)CCCCCC)c(F)c2)cc1. The fraction of sp³-hybridized carbons (Fsp3) is 0.538. The number of halogens is 1. The summed E-state index contributed by atoms with van der Waals surface area (Å²) >= 11 is 0. The van der Waals surface area contributed by atoms with Gasteiger partial charge in [0.15, 0.2) is 11.6 Å². The normalized spacial score (nSPS) is 12.0. The van der Waals surface area contributed by atoms with Crippen molar-refractivity contribution in [1.29, 1.82) is 0 Å². The van der Waals surface area contributed by atoms with E-state index in [1.54, 1.807) is 12.1 Å². The van der Waals surface area contributed by atoms with Crippen LogP contribution in [-0.4, -0.2) is 12.7 Å². The topological polar surface area (TPSA) is 18.5 Å². The molecule has 0 bridgehead atoms. The first-order valence-corrected chi connectivity index (χ1v) is 11.3. The zero-order valence-corrected chi connectivity index (χ0v) is 18.4. The number of unbranched alkanes of at least 4 members (excludes halogenated alkanes) is 6. The molecule has 0 aliphatic rings. The van der Waals surface area contributed by atoms with Gasteiger partial charge >= 0.3 is 0 Å². The zero-order valence-electron chi connectivity index (χ0n) is 18.4. The molecular weight excluding hydrogens is 363 g/mol. The van der Waals surface area contributed by atoms with Gasteiger partial charge in [-0.25, -0.2) is 4.39 Å². The summed E-state index contributed by atoms with van der Waals surface area (Å²) in [4.78, 5) is 0. The molecule has 0 fully saturated rings. The molecule has 3 heteroatoms. The molecule has 1 atom stereocenters. The molecule has 29 heavy (non-hydrogen) atoms. The smallest absolute Gasteiger partial charge is 0.165 e. The number of benzene rings is 2. The Hall–Kier alpha value is -2.03. The van der Waals surface area contributed by atoms with Crippen LogP contribution in [0.15, 0.2) is 42.5 Å². The number of hydrogen-bond donors (Lipinski definition) is 0. The fourth-order valence-corrected chi connectivity index (χ4v) is 3.37. The number of hydrogen-bond acceptors (Lipinski definition) is 2. The third kappa shape index (κ3) is 8.47. The Morgan fingerprint density at radius 3 is 2.10 bits per heavy atom. The molecule has 2 rings (SSSR count). The highest BCUT2D eigenvalue weighted by Gasteiger charge is 2.10. The van der Waals surface area contributed by atoms with E-state index in [1.165, 1.54) is 38.5 Å². The van der Waals surface area contributed by atoms with Gasteiger partial charge in [0, 0.05) is 0 Å². The van der Waals surface area contributed by atoms with Crippen LogP contribution in [0.1, 0.15) is 78.6 Å². The van der Waals surface area contributed by atoms with E-state index in [0.29, 0.717) is 5.75 Å². The molecule has 2 nitrogen and oxygen atoms in total. The lowest BCUT2D eigenvalue weighted by atomic mass is 10.1. The van der Waals surface area contributed by atoms with Crippen LogP contribution in [0.25, 0.3) is 11.1 Å². The van der Waals surface area contributed by atoms with E-state index in [9.17, 15) is 4.39 Å². The minimum atomic E-state index is -0.306. The van der Waals surface area contributed by atoms with Gasteiger partial charge in [0.1, 0.15) is 5.75 Å². The van der Waals surface area contributed by atoms with Crippen LogP contribution in [0.3, 0.4) is 0 Å². The van der Waals surface area contributed by atoms with E-state index < -0.39 is 0 Å². The Kier molecular flexibility index (Phi) is 10.6. The van der Waals surface area contributed by atoms with Crippen molar-refractivity contribution in [2.45, 2.75) is 84.7 Å². The molecule has 0 N–H and O–H groups in total. The summed E-state index contributed by atoms with van der Waals surface area (Å²) in [6.07, 6.45) is 10.6. The average Bonchev–Trinajstić information content (AvgIpc) is 2.73. The fourth-order valence-electron chi connectivity index (χ4n) is 3.37. The lowest BCUT2D eigenvalue weighted by Crippen LogP contribution is -2.12. The third-order valence-corrected chi connectivity index (χ3v) is 5.18. The van der Waals surface area contributed by atoms with Gasteiger partial charge in [0.2, 0.25) is 0 Å². The van der Waals surface area contributed by atoms with Crippen LogP contribution < -0.4 is 9.47 Å². The van der Waals surface area contributed by atoms with Gasteiger partial charge in [-0.15, -0.1) is 0 Å². The quantitative estimate of drug-likeness (QED) is 0.298. The van der Waals surface area contributed by atoms with E-state index in [4.69, 9.17) is 9.47 Å². The van der Waals surface area contributed by atoms with Gasteiger partial charge in [-0.05, 0) is 61.6 Å².